The fraction of sp³-hybridized carbons (Fsp3) is 0.588. The fourth-order valence-corrected chi connectivity index (χ4v) is 3.76. The van der Waals surface area contributed by atoms with E-state index in [1.54, 1.807) is 23.9 Å². The average Bonchev–Trinajstić information content (AvgIpc) is 2.96. The predicted octanol–water partition coefficient (Wildman–Crippen LogP) is 2.39. The highest BCUT2D eigenvalue weighted by atomic mass is 16.5. The summed E-state index contributed by atoms with van der Waals surface area (Å²) in [5, 5.41) is 4.32. The van der Waals surface area contributed by atoms with Crippen LogP contribution in [-0.2, 0) is 0 Å². The topological polar surface area (TPSA) is 59.7 Å². The number of aromatic nitrogens is 3. The van der Waals surface area contributed by atoms with E-state index >= 15 is 0 Å². The van der Waals surface area contributed by atoms with Crippen LogP contribution in [0.5, 0.6) is 5.88 Å². The van der Waals surface area contributed by atoms with Crippen molar-refractivity contribution in [3.8, 4) is 5.88 Å². The molecule has 0 spiro atoms. The van der Waals surface area contributed by atoms with Crippen molar-refractivity contribution in [1.82, 2.24) is 19.5 Å². The fourth-order valence-electron chi connectivity index (χ4n) is 3.76. The summed E-state index contributed by atoms with van der Waals surface area (Å²) < 4.78 is 6.73. The predicted molar refractivity (Wildman–Crippen MR) is 85.5 cm³/mol. The van der Waals surface area contributed by atoms with Crippen molar-refractivity contribution in [1.29, 1.82) is 0 Å². The van der Waals surface area contributed by atoms with E-state index in [0.29, 0.717) is 17.2 Å². The number of nitrogens with zero attached hydrogens (tertiary/aromatic N) is 4. The summed E-state index contributed by atoms with van der Waals surface area (Å²) >= 11 is 0. The minimum atomic E-state index is 0.0188. The van der Waals surface area contributed by atoms with Gasteiger partial charge in [0.15, 0.2) is 11.3 Å². The first-order valence-corrected chi connectivity index (χ1v) is 8.44. The van der Waals surface area contributed by atoms with Gasteiger partial charge < -0.3 is 9.64 Å². The Morgan fingerprint density at radius 1 is 1.17 bits per heavy atom. The van der Waals surface area contributed by atoms with E-state index in [2.05, 4.69) is 10.1 Å². The number of methoxy groups -OCH3 is 1. The van der Waals surface area contributed by atoms with Gasteiger partial charge in [-0.05, 0) is 30.7 Å². The summed E-state index contributed by atoms with van der Waals surface area (Å²) in [7, 11) is 1.57. The Morgan fingerprint density at radius 2 is 1.91 bits per heavy atom. The Balaban J connectivity index is 1.50. The number of hydrogen-bond donors (Lipinski definition) is 0. The molecule has 0 atom stereocenters. The number of imidazole rings is 1. The Kier molecular flexibility index (Phi) is 3.67. The van der Waals surface area contributed by atoms with E-state index in [0.717, 1.165) is 37.8 Å². The maximum Gasteiger partial charge on any atom is 0.274 e. The average molecular weight is 314 g/mol. The zero-order valence-electron chi connectivity index (χ0n) is 13.4. The molecule has 4 rings (SSSR count). The highest BCUT2D eigenvalue weighted by Crippen LogP contribution is 2.38. The van der Waals surface area contributed by atoms with Crippen LogP contribution in [0.4, 0.5) is 0 Å². The molecule has 0 radical (unpaired) electrons. The zero-order chi connectivity index (χ0) is 15.8. The molecular formula is C17H22N4O2. The second-order valence-electron chi connectivity index (χ2n) is 6.61. The van der Waals surface area contributed by atoms with Crippen LogP contribution in [-0.4, -0.2) is 45.6 Å². The van der Waals surface area contributed by atoms with Gasteiger partial charge in [-0.2, -0.15) is 0 Å². The zero-order valence-corrected chi connectivity index (χ0v) is 13.4. The number of ether oxygens (including phenoxy) is 1. The number of carbonyl (C=O) groups is 1. The van der Waals surface area contributed by atoms with Gasteiger partial charge in [0.2, 0.25) is 5.88 Å². The third kappa shape index (κ3) is 2.56. The molecule has 2 aromatic rings. The standard InChI is InChI=1S/C17H22N4O2/c1-23-16-6-5-15-18-11-14(21(15)19-16)17(22)20-9-7-13(8-10-20)12-3-2-4-12/h5-6,11-13H,2-4,7-10H2,1H3. The number of carbonyl (C=O) groups excluding carboxylic acids is 1. The minimum absolute atomic E-state index is 0.0188. The van der Waals surface area contributed by atoms with Crippen molar-refractivity contribution >= 4 is 11.6 Å². The molecule has 1 amide bonds. The number of rotatable bonds is 3. The van der Waals surface area contributed by atoms with Crippen molar-refractivity contribution in [3.05, 3.63) is 24.0 Å². The Labute approximate surface area is 135 Å². The number of amides is 1. The minimum Gasteiger partial charge on any atom is -0.480 e. The molecule has 2 fully saturated rings. The second kappa shape index (κ2) is 5.83. The molecule has 1 saturated heterocycles. The SMILES string of the molecule is COc1ccc2ncc(C(=O)N3CCC(C4CCC4)CC3)n2n1. The number of piperidine rings is 1. The molecule has 3 heterocycles. The van der Waals surface area contributed by atoms with E-state index in [-0.39, 0.29) is 5.91 Å². The van der Waals surface area contributed by atoms with Crippen LogP contribution in [0.15, 0.2) is 18.3 Å². The van der Waals surface area contributed by atoms with Gasteiger partial charge in [-0.3, -0.25) is 4.79 Å². The summed E-state index contributed by atoms with van der Waals surface area (Å²) in [6.45, 7) is 1.69. The molecule has 6 heteroatoms. The lowest BCUT2D eigenvalue weighted by atomic mass is 9.72. The normalized spacial score (nSPS) is 19.8. The number of likely N-dealkylation sites (tertiary alicyclic amines) is 1. The van der Waals surface area contributed by atoms with Crippen LogP contribution < -0.4 is 4.74 Å². The summed E-state index contributed by atoms with van der Waals surface area (Å²) in [4.78, 5) is 19.0. The lowest BCUT2D eigenvalue weighted by Gasteiger charge is -2.39. The third-order valence-corrected chi connectivity index (χ3v) is 5.41. The van der Waals surface area contributed by atoms with Crippen LogP contribution in [0.1, 0.15) is 42.6 Å². The highest BCUT2D eigenvalue weighted by Gasteiger charge is 2.32. The molecule has 2 aromatic heterocycles. The van der Waals surface area contributed by atoms with Crippen LogP contribution in [0.25, 0.3) is 5.65 Å². The second-order valence-corrected chi connectivity index (χ2v) is 6.61. The Bertz CT molecular complexity index is 714. The van der Waals surface area contributed by atoms with E-state index in [9.17, 15) is 4.79 Å². The van der Waals surface area contributed by atoms with E-state index in [1.807, 2.05) is 11.0 Å². The van der Waals surface area contributed by atoms with Gasteiger partial charge in [0.05, 0.1) is 13.3 Å². The lowest BCUT2D eigenvalue weighted by Crippen LogP contribution is -2.41. The maximum absolute atomic E-state index is 12.8. The lowest BCUT2D eigenvalue weighted by molar-refractivity contribution is 0.0601. The number of fused-ring (bicyclic) bond motifs is 1. The van der Waals surface area contributed by atoms with Gasteiger partial charge >= 0.3 is 0 Å². The van der Waals surface area contributed by atoms with Crippen LogP contribution in [0.3, 0.4) is 0 Å². The summed E-state index contributed by atoms with van der Waals surface area (Å²) in [5.41, 5.74) is 1.18. The monoisotopic (exact) mass is 314 g/mol. The summed E-state index contributed by atoms with van der Waals surface area (Å²) in [5.74, 6) is 2.22. The first-order chi connectivity index (χ1) is 11.3. The molecule has 0 bridgehead atoms. The first kappa shape index (κ1) is 14.5. The third-order valence-electron chi connectivity index (χ3n) is 5.41. The summed E-state index contributed by atoms with van der Waals surface area (Å²) in [6, 6.07) is 3.56. The molecular weight excluding hydrogens is 292 g/mol. The van der Waals surface area contributed by atoms with Crippen molar-refractivity contribution < 1.29 is 9.53 Å². The van der Waals surface area contributed by atoms with Gasteiger partial charge in [0.25, 0.3) is 5.91 Å². The van der Waals surface area contributed by atoms with E-state index in [4.69, 9.17) is 4.74 Å². The highest BCUT2D eigenvalue weighted by molar-refractivity contribution is 5.93. The van der Waals surface area contributed by atoms with Gasteiger partial charge in [0, 0.05) is 19.2 Å². The molecule has 1 saturated carbocycles. The Hall–Kier alpha value is -2.11. The molecule has 1 aliphatic heterocycles. The van der Waals surface area contributed by atoms with E-state index in [1.165, 1.54) is 19.3 Å². The Morgan fingerprint density at radius 3 is 2.57 bits per heavy atom. The number of hydrogen-bond acceptors (Lipinski definition) is 4. The molecule has 6 nitrogen and oxygen atoms in total. The molecule has 0 unspecified atom stereocenters. The van der Waals surface area contributed by atoms with Crippen molar-refractivity contribution in [2.75, 3.05) is 20.2 Å². The van der Waals surface area contributed by atoms with Crippen molar-refractivity contribution in [3.63, 3.8) is 0 Å². The first-order valence-electron chi connectivity index (χ1n) is 8.44. The van der Waals surface area contributed by atoms with Crippen LogP contribution in [0, 0.1) is 11.8 Å². The molecule has 2 aliphatic rings. The molecule has 122 valence electrons. The quantitative estimate of drug-likeness (QED) is 0.873. The van der Waals surface area contributed by atoms with Gasteiger partial charge in [-0.25, -0.2) is 9.50 Å². The van der Waals surface area contributed by atoms with Crippen LogP contribution in [0.2, 0.25) is 0 Å². The maximum atomic E-state index is 12.8. The van der Waals surface area contributed by atoms with Crippen molar-refractivity contribution in [2.24, 2.45) is 11.8 Å². The molecule has 1 aliphatic carbocycles. The van der Waals surface area contributed by atoms with Crippen LogP contribution >= 0.6 is 0 Å². The smallest absolute Gasteiger partial charge is 0.274 e. The molecule has 23 heavy (non-hydrogen) atoms. The molecule has 0 aromatic carbocycles. The van der Waals surface area contributed by atoms with E-state index < -0.39 is 0 Å². The van der Waals surface area contributed by atoms with Gasteiger partial charge in [0.1, 0.15) is 0 Å². The largest absolute Gasteiger partial charge is 0.480 e. The van der Waals surface area contributed by atoms with Gasteiger partial charge in [-0.1, -0.05) is 19.3 Å². The summed E-state index contributed by atoms with van der Waals surface area (Å²) in [6.07, 6.45) is 8.03. The van der Waals surface area contributed by atoms with Gasteiger partial charge in [-0.15, -0.1) is 5.10 Å². The molecule has 0 N–H and O–H groups in total. The van der Waals surface area contributed by atoms with Crippen molar-refractivity contribution in [2.45, 2.75) is 32.1 Å².